The summed E-state index contributed by atoms with van der Waals surface area (Å²) in [5.74, 6) is 0.975. The van der Waals surface area contributed by atoms with Crippen molar-refractivity contribution in [2.45, 2.75) is 88.9 Å². The summed E-state index contributed by atoms with van der Waals surface area (Å²) in [6.07, 6.45) is 19.4. The molecule has 0 aliphatic heterocycles. The minimum absolute atomic E-state index is 0.472. The number of hydrogen-bond acceptors (Lipinski definition) is 4. The lowest BCUT2D eigenvalue weighted by Gasteiger charge is -2.29. The Morgan fingerprint density at radius 3 is 1.38 bits per heavy atom. The fraction of sp³-hybridized carbons (Fsp3) is 0.175. The zero-order chi connectivity index (χ0) is 55.0. The first kappa shape index (κ1) is 48.2. The first-order valence-electron chi connectivity index (χ1n) is 31.0. The Bertz CT molecular complexity index is 5200. The standard InChI is InChI=1S/C80H62N2O2/c1-3-19-51(20-4-1)67-47-57-25-11-13-27-61(57)75-65-29-15-31-71(77(65)83-79(67)75)81(59-39-33-49-17-7-9-23-55(49)45-59)69-43-37-53-36-42-64-70(44-38-54-35-41-63(69)73(53)74(54)64)82(60-40-34-50-18-8-10-24-56(50)46-60)72-32-16-30-66-76-62-28-14-12-26-58(62)48-68(80(76)84-78(66)72)52-21-5-2-6-22-52/h7-11,13-18,23-25,27-48,51-52H,1-6,12,19-22,26H2. The van der Waals surface area contributed by atoms with Gasteiger partial charge in [0, 0.05) is 43.7 Å². The zero-order valence-electron chi connectivity index (χ0n) is 47.1. The second kappa shape index (κ2) is 19.1. The molecule has 0 amide bonds. The van der Waals surface area contributed by atoms with Crippen molar-refractivity contribution in [1.82, 2.24) is 0 Å². The normalized spacial score (nSPS) is 15.4. The van der Waals surface area contributed by atoms with E-state index in [0.29, 0.717) is 11.8 Å². The molecule has 15 aromatic rings. The predicted octanol–water partition coefficient (Wildman–Crippen LogP) is 23.8. The van der Waals surface area contributed by atoms with Crippen molar-refractivity contribution in [2.24, 2.45) is 0 Å². The quantitative estimate of drug-likeness (QED) is 0.142. The van der Waals surface area contributed by atoms with E-state index in [-0.39, 0.29) is 0 Å². The van der Waals surface area contributed by atoms with Gasteiger partial charge in [-0.1, -0.05) is 202 Å². The molecule has 404 valence electrons. The van der Waals surface area contributed by atoms with E-state index in [1.54, 1.807) is 0 Å². The van der Waals surface area contributed by atoms with Crippen LogP contribution >= 0.6 is 0 Å². The average Bonchev–Trinajstić information content (AvgIpc) is 3.21. The second-order valence-corrected chi connectivity index (χ2v) is 24.6. The van der Waals surface area contributed by atoms with Crippen molar-refractivity contribution in [3.63, 3.8) is 0 Å². The molecule has 2 fully saturated rings. The van der Waals surface area contributed by atoms with Crippen LogP contribution in [-0.4, -0.2) is 0 Å². The van der Waals surface area contributed by atoms with E-state index in [2.05, 4.69) is 228 Å². The number of hydrogen-bond donors (Lipinski definition) is 0. The summed E-state index contributed by atoms with van der Waals surface area (Å²) in [7, 11) is 0. The van der Waals surface area contributed by atoms with Gasteiger partial charge >= 0.3 is 0 Å². The second-order valence-electron chi connectivity index (χ2n) is 24.6. The van der Waals surface area contributed by atoms with E-state index in [1.807, 2.05) is 0 Å². The van der Waals surface area contributed by atoms with Crippen LogP contribution < -0.4 is 9.80 Å². The van der Waals surface area contributed by atoms with Gasteiger partial charge in [-0.3, -0.25) is 0 Å². The Kier molecular flexibility index (Phi) is 10.9. The Labute approximate surface area is 488 Å². The molecule has 13 aromatic carbocycles. The number of benzene rings is 13. The number of nitrogens with zero attached hydrogens (tertiary/aromatic N) is 2. The fourth-order valence-corrected chi connectivity index (χ4v) is 16.0. The van der Waals surface area contributed by atoms with E-state index < -0.39 is 0 Å². The molecule has 2 saturated carbocycles. The molecule has 0 bridgehead atoms. The minimum Gasteiger partial charge on any atom is -0.454 e. The van der Waals surface area contributed by atoms with Crippen LogP contribution in [-0.2, 0) is 6.42 Å². The van der Waals surface area contributed by atoms with Crippen molar-refractivity contribution in [3.8, 4) is 0 Å². The smallest absolute Gasteiger partial charge is 0.159 e. The minimum atomic E-state index is 0.472. The van der Waals surface area contributed by atoms with Gasteiger partial charge in [-0.25, -0.2) is 0 Å². The predicted molar refractivity (Wildman–Crippen MR) is 356 cm³/mol. The number of para-hydroxylation sites is 2. The van der Waals surface area contributed by atoms with E-state index in [0.717, 1.165) is 74.7 Å². The molecule has 0 N–H and O–H groups in total. The monoisotopic (exact) mass is 1080 g/mol. The topological polar surface area (TPSA) is 32.8 Å². The largest absolute Gasteiger partial charge is 0.454 e. The third kappa shape index (κ3) is 7.38. The van der Waals surface area contributed by atoms with Crippen molar-refractivity contribution < 1.29 is 8.83 Å². The summed E-state index contributed by atoms with van der Waals surface area (Å²) >= 11 is 0. The van der Waals surface area contributed by atoms with Crippen LogP contribution in [0.2, 0.25) is 0 Å². The third-order valence-electron chi connectivity index (χ3n) is 19.9. The number of furan rings is 2. The van der Waals surface area contributed by atoms with Crippen molar-refractivity contribution in [2.75, 3.05) is 9.80 Å². The van der Waals surface area contributed by atoms with Gasteiger partial charge in [0.05, 0.1) is 22.7 Å². The van der Waals surface area contributed by atoms with E-state index >= 15 is 0 Å². The van der Waals surface area contributed by atoms with E-state index in [9.17, 15) is 0 Å². The highest BCUT2D eigenvalue weighted by Crippen LogP contribution is 2.53. The Morgan fingerprint density at radius 2 is 0.798 bits per heavy atom. The van der Waals surface area contributed by atoms with Gasteiger partial charge in [-0.2, -0.15) is 0 Å². The van der Waals surface area contributed by atoms with Crippen LogP contribution in [0.4, 0.5) is 34.1 Å². The molecule has 0 atom stereocenters. The average molecular weight is 1080 g/mol. The number of allylic oxidation sites excluding steroid dienone is 1. The number of anilines is 6. The van der Waals surface area contributed by atoms with Crippen LogP contribution in [0.25, 0.3) is 115 Å². The first-order valence-corrected chi connectivity index (χ1v) is 31.0. The molecule has 2 heterocycles. The van der Waals surface area contributed by atoms with Gasteiger partial charge < -0.3 is 18.6 Å². The summed E-state index contributed by atoms with van der Waals surface area (Å²) in [6.45, 7) is 0. The van der Waals surface area contributed by atoms with E-state index in [4.69, 9.17) is 8.83 Å². The van der Waals surface area contributed by atoms with Crippen LogP contribution in [0.1, 0.15) is 105 Å². The molecule has 4 nitrogen and oxygen atoms in total. The zero-order valence-corrected chi connectivity index (χ0v) is 47.1. The molecule has 3 aliphatic carbocycles. The summed E-state index contributed by atoms with van der Waals surface area (Å²) in [5.41, 5.74) is 16.0. The summed E-state index contributed by atoms with van der Waals surface area (Å²) in [4.78, 5) is 4.99. The molecule has 84 heavy (non-hydrogen) atoms. The fourth-order valence-electron chi connectivity index (χ4n) is 16.0. The maximum Gasteiger partial charge on any atom is 0.159 e. The maximum absolute atomic E-state index is 7.54. The van der Waals surface area contributed by atoms with Crippen molar-refractivity contribution >= 4 is 149 Å². The van der Waals surface area contributed by atoms with Gasteiger partial charge in [0.25, 0.3) is 0 Å². The van der Waals surface area contributed by atoms with E-state index in [1.165, 1.54) is 167 Å². The Hall–Kier alpha value is -9.38. The maximum atomic E-state index is 7.54. The summed E-state index contributed by atoms with van der Waals surface area (Å²) in [6, 6.07) is 77.8. The summed E-state index contributed by atoms with van der Waals surface area (Å²) in [5, 5.41) is 19.5. The molecule has 18 rings (SSSR count). The van der Waals surface area contributed by atoms with Gasteiger partial charge in [-0.15, -0.1) is 0 Å². The molecule has 2 aromatic heterocycles. The van der Waals surface area contributed by atoms with Gasteiger partial charge in [0.2, 0.25) is 0 Å². The van der Waals surface area contributed by atoms with Crippen LogP contribution in [0.15, 0.2) is 221 Å². The lowest BCUT2D eigenvalue weighted by Crippen LogP contribution is -2.12. The van der Waals surface area contributed by atoms with Gasteiger partial charge in [-0.05, 0) is 181 Å². The first-order chi connectivity index (χ1) is 41.7. The number of aryl methyl sites for hydroxylation is 1. The molecule has 0 radical (unpaired) electrons. The van der Waals surface area contributed by atoms with Crippen LogP contribution in [0.5, 0.6) is 0 Å². The summed E-state index contributed by atoms with van der Waals surface area (Å²) < 4.78 is 15.1. The number of rotatable bonds is 8. The van der Waals surface area contributed by atoms with Gasteiger partial charge in [0.1, 0.15) is 11.2 Å². The Balaban J connectivity index is 0.886. The van der Waals surface area contributed by atoms with Crippen LogP contribution in [0.3, 0.4) is 0 Å². The molecular weight excluding hydrogens is 1020 g/mol. The highest BCUT2D eigenvalue weighted by molar-refractivity contribution is 6.29. The molecule has 0 saturated heterocycles. The molecule has 3 aliphatic rings. The highest BCUT2D eigenvalue weighted by atomic mass is 16.3. The van der Waals surface area contributed by atoms with Crippen molar-refractivity contribution in [3.05, 3.63) is 235 Å². The third-order valence-corrected chi connectivity index (χ3v) is 19.9. The SMILES string of the molecule is C1=Cc2c(cc(C3CCCCC3)c3oc4c(N(c5ccc6ccccc6c5)c5ccc6ccc7c(N(c8ccc9ccccc9c8)c8cccc9c8oc8c(C%10CCCCC%10)cc%10ccccc%10c89)ccc8ccc5c6c87)cccc4c23)CC1. The number of fused-ring (bicyclic) bond motifs is 12. The molecule has 0 spiro atoms. The molecular formula is C80H62N2O2. The Morgan fingerprint density at radius 1 is 0.321 bits per heavy atom. The van der Waals surface area contributed by atoms with Crippen molar-refractivity contribution in [1.29, 1.82) is 0 Å². The van der Waals surface area contributed by atoms with Crippen LogP contribution in [0, 0.1) is 0 Å². The highest BCUT2D eigenvalue weighted by Gasteiger charge is 2.31. The lowest BCUT2D eigenvalue weighted by molar-refractivity contribution is 0.442. The van der Waals surface area contributed by atoms with Gasteiger partial charge in [0.15, 0.2) is 11.2 Å². The molecule has 0 unspecified atom stereocenters. The lowest BCUT2D eigenvalue weighted by atomic mass is 9.80. The molecule has 4 heteroatoms.